The van der Waals surface area contributed by atoms with Crippen molar-refractivity contribution in [3.63, 3.8) is 0 Å². The van der Waals surface area contributed by atoms with Gasteiger partial charge in [0.25, 0.3) is 5.91 Å². The van der Waals surface area contributed by atoms with Crippen molar-refractivity contribution in [3.05, 3.63) is 34.3 Å². The van der Waals surface area contributed by atoms with Gasteiger partial charge in [0.1, 0.15) is 6.07 Å². The van der Waals surface area contributed by atoms with Crippen molar-refractivity contribution in [2.24, 2.45) is 0 Å². The number of aromatic nitrogens is 2. The number of amides is 1. The van der Waals surface area contributed by atoms with E-state index >= 15 is 0 Å². The van der Waals surface area contributed by atoms with Gasteiger partial charge in [-0.3, -0.25) is 4.79 Å². The van der Waals surface area contributed by atoms with Crippen LogP contribution in [0.3, 0.4) is 0 Å². The van der Waals surface area contributed by atoms with Gasteiger partial charge in [-0.2, -0.15) is 5.26 Å². The van der Waals surface area contributed by atoms with E-state index in [4.69, 9.17) is 5.26 Å². The molecule has 0 atom stereocenters. The highest BCUT2D eigenvalue weighted by atomic mass is 32.1. The first-order chi connectivity index (χ1) is 9.15. The summed E-state index contributed by atoms with van der Waals surface area (Å²) in [5.74, 6) is -0.374. The normalized spacial score (nSPS) is 9.74. The largest absolute Gasteiger partial charge is 0.363 e. The Hall–Kier alpha value is -2.46. The zero-order valence-corrected chi connectivity index (χ0v) is 11.2. The molecular weight excluding hydrogens is 262 g/mol. The Morgan fingerprint density at radius 2 is 2.21 bits per heavy atom. The Morgan fingerprint density at radius 1 is 1.42 bits per heavy atom. The van der Waals surface area contributed by atoms with Crippen LogP contribution in [-0.2, 0) is 0 Å². The summed E-state index contributed by atoms with van der Waals surface area (Å²) in [7, 11) is 1.70. The highest BCUT2D eigenvalue weighted by Crippen LogP contribution is 2.20. The Kier molecular flexibility index (Phi) is 3.73. The number of carbonyl (C=O) groups excluding carboxylic acids is 1. The molecule has 6 nitrogen and oxygen atoms in total. The van der Waals surface area contributed by atoms with Gasteiger partial charge >= 0.3 is 0 Å². The molecule has 0 fully saturated rings. The average molecular weight is 273 g/mol. The molecule has 7 heteroatoms. The van der Waals surface area contributed by atoms with Crippen LogP contribution < -0.4 is 10.6 Å². The topological polar surface area (TPSA) is 90.7 Å². The average Bonchev–Trinajstić information content (AvgIpc) is 2.88. The summed E-state index contributed by atoms with van der Waals surface area (Å²) in [6, 6.07) is 7.36. The second kappa shape index (κ2) is 5.46. The smallest absolute Gasteiger partial charge is 0.286 e. The van der Waals surface area contributed by atoms with Crippen molar-refractivity contribution < 1.29 is 4.79 Å². The molecule has 0 radical (unpaired) electrons. The lowest BCUT2D eigenvalue weighted by atomic mass is 10.1. The predicted molar refractivity (Wildman–Crippen MR) is 73.3 cm³/mol. The fourth-order valence-electron chi connectivity index (χ4n) is 1.51. The number of hydrogen-bond donors (Lipinski definition) is 2. The summed E-state index contributed by atoms with van der Waals surface area (Å²) in [5.41, 5.74) is 1.75. The van der Waals surface area contributed by atoms with Crippen molar-refractivity contribution in [2.75, 3.05) is 17.7 Å². The van der Waals surface area contributed by atoms with E-state index in [2.05, 4.69) is 26.9 Å². The van der Waals surface area contributed by atoms with Crippen LogP contribution in [0.25, 0.3) is 0 Å². The minimum atomic E-state index is -0.374. The van der Waals surface area contributed by atoms with Crippen molar-refractivity contribution in [3.8, 4) is 6.07 Å². The van der Waals surface area contributed by atoms with Crippen LogP contribution in [0.4, 0.5) is 10.8 Å². The van der Waals surface area contributed by atoms with Gasteiger partial charge < -0.3 is 10.6 Å². The maximum absolute atomic E-state index is 12.0. The first kappa shape index (κ1) is 13.0. The van der Waals surface area contributed by atoms with E-state index in [1.807, 2.05) is 13.0 Å². The molecule has 1 amide bonds. The molecule has 0 unspecified atom stereocenters. The van der Waals surface area contributed by atoms with Crippen molar-refractivity contribution in [1.82, 2.24) is 10.2 Å². The summed E-state index contributed by atoms with van der Waals surface area (Å²) in [4.78, 5) is 12.0. The monoisotopic (exact) mass is 273 g/mol. The van der Waals surface area contributed by atoms with Crippen molar-refractivity contribution in [1.29, 1.82) is 5.26 Å². The van der Waals surface area contributed by atoms with Gasteiger partial charge in [0, 0.05) is 7.05 Å². The van der Waals surface area contributed by atoms with Gasteiger partial charge in [-0.05, 0) is 18.6 Å². The quantitative estimate of drug-likeness (QED) is 0.892. The third kappa shape index (κ3) is 2.69. The summed E-state index contributed by atoms with van der Waals surface area (Å²) < 4.78 is 0. The maximum atomic E-state index is 12.0. The molecule has 19 heavy (non-hydrogen) atoms. The molecule has 0 aliphatic carbocycles. The molecule has 2 rings (SSSR count). The summed E-state index contributed by atoms with van der Waals surface area (Å²) in [6.45, 7) is 1.82. The van der Waals surface area contributed by atoms with Crippen LogP contribution in [0, 0.1) is 18.3 Å². The number of nitrogens with one attached hydrogen (secondary N) is 2. The molecule has 0 saturated carbocycles. The third-order valence-electron chi connectivity index (χ3n) is 2.47. The second-order valence-corrected chi connectivity index (χ2v) is 4.70. The lowest BCUT2D eigenvalue weighted by Crippen LogP contribution is -2.13. The number of anilines is 2. The molecule has 2 N–H and O–H groups in total. The first-order valence-electron chi connectivity index (χ1n) is 5.48. The van der Waals surface area contributed by atoms with E-state index in [0.29, 0.717) is 16.4 Å². The lowest BCUT2D eigenvalue weighted by molar-refractivity contribution is 0.102. The van der Waals surface area contributed by atoms with Gasteiger partial charge in [-0.1, -0.05) is 23.5 Å². The molecule has 0 aliphatic heterocycles. The highest BCUT2D eigenvalue weighted by molar-refractivity contribution is 7.17. The lowest BCUT2D eigenvalue weighted by Gasteiger charge is -2.06. The van der Waals surface area contributed by atoms with Crippen LogP contribution in [0.5, 0.6) is 0 Å². The Bertz CT molecular complexity index is 658. The molecule has 1 heterocycles. The number of nitriles is 1. The van der Waals surface area contributed by atoms with E-state index in [1.165, 1.54) is 0 Å². The zero-order valence-electron chi connectivity index (χ0n) is 10.4. The van der Waals surface area contributed by atoms with E-state index < -0.39 is 0 Å². The van der Waals surface area contributed by atoms with E-state index in [0.717, 1.165) is 16.9 Å². The van der Waals surface area contributed by atoms with Crippen molar-refractivity contribution >= 4 is 28.1 Å². The fourth-order valence-corrected chi connectivity index (χ4v) is 2.10. The summed E-state index contributed by atoms with van der Waals surface area (Å²) in [6.07, 6.45) is 0. The minimum Gasteiger partial charge on any atom is -0.363 e. The number of rotatable bonds is 3. The molecule has 0 aliphatic rings. The number of benzene rings is 1. The SMILES string of the molecule is CNc1nnc(C(=O)Nc2cccc(C)c2C#N)s1. The van der Waals surface area contributed by atoms with Crippen molar-refractivity contribution in [2.45, 2.75) is 6.92 Å². The number of nitrogens with zero attached hydrogens (tertiary/aromatic N) is 3. The van der Waals surface area contributed by atoms with Crippen LogP contribution >= 0.6 is 11.3 Å². The summed E-state index contributed by atoms with van der Waals surface area (Å²) >= 11 is 1.15. The Balaban J connectivity index is 2.24. The predicted octanol–water partition coefficient (Wildman–Crippen LogP) is 2.01. The molecule has 2 aromatic rings. The molecule has 0 spiro atoms. The molecule has 96 valence electrons. The number of aryl methyl sites for hydroxylation is 1. The zero-order chi connectivity index (χ0) is 13.8. The van der Waals surface area contributed by atoms with Crippen LogP contribution in [0.1, 0.15) is 20.9 Å². The standard InChI is InChI=1S/C12H11N5OS/c1-7-4-3-5-9(8(7)6-13)15-10(18)11-16-17-12(14-2)19-11/h3-5H,1-2H3,(H,14,17)(H,15,18). The number of hydrogen-bond acceptors (Lipinski definition) is 6. The summed E-state index contributed by atoms with van der Waals surface area (Å²) in [5, 5.41) is 22.9. The molecule has 1 aromatic heterocycles. The van der Waals surface area contributed by atoms with Crippen LogP contribution in [0.2, 0.25) is 0 Å². The number of carbonyl (C=O) groups is 1. The second-order valence-electron chi connectivity index (χ2n) is 3.73. The Morgan fingerprint density at radius 3 is 2.84 bits per heavy atom. The fraction of sp³-hybridized carbons (Fsp3) is 0.167. The molecule has 0 bridgehead atoms. The third-order valence-corrected chi connectivity index (χ3v) is 3.41. The van der Waals surface area contributed by atoms with E-state index in [9.17, 15) is 4.79 Å². The first-order valence-corrected chi connectivity index (χ1v) is 6.29. The molecule has 1 aromatic carbocycles. The maximum Gasteiger partial charge on any atom is 0.286 e. The Labute approximate surface area is 114 Å². The molecular formula is C12H11N5OS. The van der Waals surface area contributed by atoms with Gasteiger partial charge in [-0.15, -0.1) is 10.2 Å². The van der Waals surface area contributed by atoms with Gasteiger partial charge in [0.2, 0.25) is 10.1 Å². The molecule has 0 saturated heterocycles. The van der Waals surface area contributed by atoms with Gasteiger partial charge in [0.05, 0.1) is 11.3 Å². The van der Waals surface area contributed by atoms with Crippen LogP contribution in [-0.4, -0.2) is 23.2 Å². The van der Waals surface area contributed by atoms with Gasteiger partial charge in [-0.25, -0.2) is 0 Å². The minimum absolute atomic E-state index is 0.245. The van der Waals surface area contributed by atoms with E-state index in [1.54, 1.807) is 19.2 Å². The van der Waals surface area contributed by atoms with Gasteiger partial charge in [0.15, 0.2) is 0 Å². The van der Waals surface area contributed by atoms with Crippen LogP contribution in [0.15, 0.2) is 18.2 Å². The highest BCUT2D eigenvalue weighted by Gasteiger charge is 2.14. The van der Waals surface area contributed by atoms with E-state index in [-0.39, 0.29) is 10.9 Å².